The summed E-state index contributed by atoms with van der Waals surface area (Å²) in [5, 5.41) is 3.09. The van der Waals surface area contributed by atoms with Crippen LogP contribution < -0.4 is 5.32 Å². The predicted octanol–water partition coefficient (Wildman–Crippen LogP) is 2.85. The van der Waals surface area contributed by atoms with Crippen molar-refractivity contribution in [3.63, 3.8) is 0 Å². The molecule has 23 heavy (non-hydrogen) atoms. The highest BCUT2D eigenvalue weighted by Gasteiger charge is 2.36. The second-order valence-corrected chi connectivity index (χ2v) is 6.38. The maximum Gasteiger partial charge on any atom is 0.410 e. The summed E-state index contributed by atoms with van der Waals surface area (Å²) in [7, 11) is 0. The first-order valence-electron chi connectivity index (χ1n) is 8.52. The number of rotatable bonds is 4. The standard InChI is InChI=1S/C18H24N2O3/c21-17(19-15-9-4-5-10-15)16-11-6-12-20(16)18(22)23-13-14-7-2-1-3-8-14/h1-3,7-8,15-16H,4-6,9-13H2,(H,19,21)/t16-/m0/s1. The lowest BCUT2D eigenvalue weighted by atomic mass is 10.2. The second-order valence-electron chi connectivity index (χ2n) is 6.38. The summed E-state index contributed by atoms with van der Waals surface area (Å²) in [5.74, 6) is -0.0222. The number of benzene rings is 1. The van der Waals surface area contributed by atoms with Crippen molar-refractivity contribution in [3.8, 4) is 0 Å². The van der Waals surface area contributed by atoms with Crippen LogP contribution in [0.4, 0.5) is 4.79 Å². The Kier molecular flexibility index (Phi) is 5.16. The molecule has 124 valence electrons. The zero-order valence-corrected chi connectivity index (χ0v) is 13.4. The fraction of sp³-hybridized carbons (Fsp3) is 0.556. The fourth-order valence-electron chi connectivity index (χ4n) is 3.43. The van der Waals surface area contributed by atoms with Gasteiger partial charge in [0.15, 0.2) is 0 Å². The average Bonchev–Trinajstić information content (AvgIpc) is 3.24. The van der Waals surface area contributed by atoms with Crippen molar-refractivity contribution in [2.45, 2.75) is 57.2 Å². The molecule has 1 saturated heterocycles. The van der Waals surface area contributed by atoms with E-state index in [9.17, 15) is 9.59 Å². The van der Waals surface area contributed by atoms with E-state index >= 15 is 0 Å². The van der Waals surface area contributed by atoms with Gasteiger partial charge in [0, 0.05) is 12.6 Å². The molecular formula is C18H24N2O3. The molecule has 2 fully saturated rings. The third-order valence-corrected chi connectivity index (χ3v) is 4.70. The first kappa shape index (κ1) is 15.8. The maximum atomic E-state index is 12.4. The third kappa shape index (κ3) is 4.03. The highest BCUT2D eigenvalue weighted by atomic mass is 16.6. The van der Waals surface area contributed by atoms with E-state index in [1.165, 1.54) is 12.8 Å². The minimum absolute atomic E-state index is 0.0222. The molecule has 0 unspecified atom stereocenters. The zero-order valence-electron chi connectivity index (χ0n) is 13.4. The van der Waals surface area contributed by atoms with E-state index in [4.69, 9.17) is 4.74 Å². The molecule has 1 saturated carbocycles. The molecular weight excluding hydrogens is 292 g/mol. The molecule has 5 heteroatoms. The number of amides is 2. The molecule has 0 radical (unpaired) electrons. The molecule has 1 heterocycles. The van der Waals surface area contributed by atoms with Crippen molar-refractivity contribution >= 4 is 12.0 Å². The summed E-state index contributed by atoms with van der Waals surface area (Å²) in [6.45, 7) is 0.837. The van der Waals surface area contributed by atoms with Gasteiger partial charge in [-0.2, -0.15) is 0 Å². The van der Waals surface area contributed by atoms with Crippen molar-refractivity contribution in [1.82, 2.24) is 10.2 Å². The number of hydrogen-bond donors (Lipinski definition) is 1. The largest absolute Gasteiger partial charge is 0.445 e. The van der Waals surface area contributed by atoms with Gasteiger partial charge in [0.05, 0.1) is 0 Å². The molecule has 1 aromatic carbocycles. The lowest BCUT2D eigenvalue weighted by molar-refractivity contribution is -0.125. The molecule has 3 rings (SSSR count). The number of carbonyl (C=O) groups is 2. The number of likely N-dealkylation sites (tertiary alicyclic amines) is 1. The topological polar surface area (TPSA) is 58.6 Å². The van der Waals surface area contributed by atoms with Crippen LogP contribution in [0.15, 0.2) is 30.3 Å². The molecule has 1 N–H and O–H groups in total. The van der Waals surface area contributed by atoms with E-state index in [1.54, 1.807) is 4.90 Å². The van der Waals surface area contributed by atoms with Crippen LogP contribution in [0.3, 0.4) is 0 Å². The van der Waals surface area contributed by atoms with Gasteiger partial charge in [-0.1, -0.05) is 43.2 Å². The van der Waals surface area contributed by atoms with Gasteiger partial charge in [0.1, 0.15) is 12.6 Å². The van der Waals surface area contributed by atoms with Crippen molar-refractivity contribution in [2.24, 2.45) is 0 Å². The molecule has 1 aliphatic carbocycles. The van der Waals surface area contributed by atoms with E-state index in [0.717, 1.165) is 31.2 Å². The van der Waals surface area contributed by atoms with Gasteiger partial charge in [-0.05, 0) is 31.2 Å². The van der Waals surface area contributed by atoms with Gasteiger partial charge in [-0.3, -0.25) is 9.69 Å². The third-order valence-electron chi connectivity index (χ3n) is 4.70. The van der Waals surface area contributed by atoms with Crippen LogP contribution in [0, 0.1) is 0 Å². The van der Waals surface area contributed by atoms with Crippen LogP contribution in [-0.2, 0) is 16.1 Å². The lowest BCUT2D eigenvalue weighted by Crippen LogP contribution is -2.48. The summed E-state index contributed by atoms with van der Waals surface area (Å²) in [6.07, 6.45) is 5.64. The summed E-state index contributed by atoms with van der Waals surface area (Å²) in [5.41, 5.74) is 0.951. The molecule has 2 aliphatic rings. The Morgan fingerprint density at radius 3 is 2.57 bits per heavy atom. The summed E-state index contributed by atoms with van der Waals surface area (Å²) in [6, 6.07) is 9.50. The van der Waals surface area contributed by atoms with E-state index in [-0.39, 0.29) is 24.6 Å². The van der Waals surface area contributed by atoms with E-state index in [0.29, 0.717) is 6.54 Å². The second kappa shape index (κ2) is 7.49. The molecule has 0 bridgehead atoms. The number of nitrogens with one attached hydrogen (secondary N) is 1. The normalized spacial score (nSPS) is 21.4. The maximum absolute atomic E-state index is 12.4. The first-order valence-corrected chi connectivity index (χ1v) is 8.52. The zero-order chi connectivity index (χ0) is 16.1. The van der Waals surface area contributed by atoms with Gasteiger partial charge >= 0.3 is 6.09 Å². The van der Waals surface area contributed by atoms with Gasteiger partial charge in [-0.15, -0.1) is 0 Å². The van der Waals surface area contributed by atoms with Crippen molar-refractivity contribution < 1.29 is 14.3 Å². The Labute approximate surface area is 137 Å². The quantitative estimate of drug-likeness (QED) is 0.929. The van der Waals surface area contributed by atoms with E-state index < -0.39 is 6.09 Å². The molecule has 5 nitrogen and oxygen atoms in total. The summed E-state index contributed by atoms with van der Waals surface area (Å²) in [4.78, 5) is 26.3. The molecule has 1 aromatic rings. The Morgan fingerprint density at radius 1 is 1.09 bits per heavy atom. The van der Waals surface area contributed by atoms with Crippen molar-refractivity contribution in [3.05, 3.63) is 35.9 Å². The molecule has 2 amide bonds. The Morgan fingerprint density at radius 2 is 1.83 bits per heavy atom. The van der Waals surface area contributed by atoms with Gasteiger partial charge in [-0.25, -0.2) is 4.79 Å². The molecule has 0 aromatic heterocycles. The smallest absolute Gasteiger partial charge is 0.410 e. The van der Waals surface area contributed by atoms with Crippen LogP contribution in [0.1, 0.15) is 44.1 Å². The molecule has 1 aliphatic heterocycles. The number of carbonyl (C=O) groups excluding carboxylic acids is 2. The summed E-state index contributed by atoms with van der Waals surface area (Å²) < 4.78 is 5.37. The average molecular weight is 316 g/mol. The van der Waals surface area contributed by atoms with Crippen LogP contribution in [0.2, 0.25) is 0 Å². The van der Waals surface area contributed by atoms with E-state index in [1.807, 2.05) is 30.3 Å². The minimum atomic E-state index is -0.391. The predicted molar refractivity (Wildman–Crippen MR) is 86.8 cm³/mol. The Bertz CT molecular complexity index is 540. The SMILES string of the molecule is O=C(NC1CCCC1)[C@@H]1CCCN1C(=O)OCc1ccccc1. The first-order chi connectivity index (χ1) is 11.2. The van der Waals surface area contributed by atoms with Gasteiger partial charge in [0.2, 0.25) is 5.91 Å². The van der Waals surface area contributed by atoms with Crippen LogP contribution in [-0.4, -0.2) is 35.5 Å². The molecule has 0 spiro atoms. The lowest BCUT2D eigenvalue weighted by Gasteiger charge is -2.24. The monoisotopic (exact) mass is 316 g/mol. The highest BCUT2D eigenvalue weighted by Crippen LogP contribution is 2.22. The Balaban J connectivity index is 1.52. The Hall–Kier alpha value is -2.04. The summed E-state index contributed by atoms with van der Waals surface area (Å²) >= 11 is 0. The highest BCUT2D eigenvalue weighted by molar-refractivity contribution is 5.86. The fourth-order valence-corrected chi connectivity index (χ4v) is 3.43. The van der Waals surface area contributed by atoms with Crippen LogP contribution in [0.5, 0.6) is 0 Å². The molecule has 1 atom stereocenters. The van der Waals surface area contributed by atoms with E-state index in [2.05, 4.69) is 5.32 Å². The van der Waals surface area contributed by atoms with Gasteiger partial charge in [0.25, 0.3) is 0 Å². The van der Waals surface area contributed by atoms with Crippen LogP contribution in [0.25, 0.3) is 0 Å². The van der Waals surface area contributed by atoms with Gasteiger partial charge < -0.3 is 10.1 Å². The van der Waals surface area contributed by atoms with Crippen molar-refractivity contribution in [1.29, 1.82) is 0 Å². The van der Waals surface area contributed by atoms with Crippen LogP contribution >= 0.6 is 0 Å². The minimum Gasteiger partial charge on any atom is -0.445 e. The number of hydrogen-bond acceptors (Lipinski definition) is 3. The van der Waals surface area contributed by atoms with Crippen molar-refractivity contribution in [2.75, 3.05) is 6.54 Å². The number of nitrogens with zero attached hydrogens (tertiary/aromatic N) is 1. The number of ether oxygens (including phenoxy) is 1.